The molecule has 10 heteroatoms. The van der Waals surface area contributed by atoms with Crippen LogP contribution in [0.2, 0.25) is 0 Å². The molecule has 4 amide bonds. The number of carbonyl (C=O) groups is 4. The molecule has 4 bridgehead atoms. The SMILES string of the molecule is Cc1ccc(N2C(=O)[C@@H]3C4c5ccccc5C(/C=N\N5C(=O)[C@@H]6[C@H]7C=C[C@@H]([C@@H]8C[C@H]78)[C@H]6C5=O)(c5ccccc54)[C@H]3C2=O)c([N+](=O)[O-])c1. The van der Waals surface area contributed by atoms with E-state index in [1.807, 2.05) is 48.5 Å². The number of anilines is 1. The number of benzene rings is 3. The standard InChI is InChI=1S/C37H28N4O6/c1-17-10-13-26(27(14-17)41(46)47)39-33(42)31-28-20-6-2-4-8-24(20)37(32(31)36(39)45,25-9-5-3-7-21(25)28)16-38-40-34(43)29-18-11-12-19(23-15-22(18)23)30(29)35(40)44/h2-14,16,18-19,22-23,28-32H,15H2,1H3/b38-16-/t18-,19-,22-,23+,28?,29+,30+,31+,32+,37?/m0/s1. The second kappa shape index (κ2) is 8.76. The Morgan fingerprint density at radius 2 is 1.40 bits per heavy atom. The molecule has 9 aliphatic rings. The van der Waals surface area contributed by atoms with Crippen LogP contribution in [0.15, 0.2) is 84.0 Å². The summed E-state index contributed by atoms with van der Waals surface area (Å²) in [7, 11) is 0. The molecule has 2 aliphatic heterocycles. The van der Waals surface area contributed by atoms with E-state index in [9.17, 15) is 29.3 Å². The molecule has 10 nitrogen and oxygen atoms in total. The molecule has 0 N–H and O–H groups in total. The van der Waals surface area contributed by atoms with Gasteiger partial charge in [0.15, 0.2) is 0 Å². The molecule has 12 rings (SSSR count). The largest absolute Gasteiger partial charge is 0.293 e. The van der Waals surface area contributed by atoms with E-state index >= 15 is 0 Å². The number of rotatable bonds is 4. The highest BCUT2D eigenvalue weighted by Gasteiger charge is 2.70. The lowest BCUT2D eigenvalue weighted by Gasteiger charge is -2.52. The normalized spacial score (nSPS) is 36.5. The zero-order valence-electron chi connectivity index (χ0n) is 25.2. The predicted octanol–water partition coefficient (Wildman–Crippen LogP) is 4.49. The summed E-state index contributed by atoms with van der Waals surface area (Å²) in [5, 5.41) is 17.9. The summed E-state index contributed by atoms with van der Waals surface area (Å²) in [6, 6.07) is 19.7. The van der Waals surface area contributed by atoms with Gasteiger partial charge in [-0.15, -0.1) is 0 Å². The Morgan fingerprint density at radius 3 is 2.00 bits per heavy atom. The lowest BCUT2D eigenvalue weighted by molar-refractivity contribution is -0.384. The molecule has 232 valence electrons. The van der Waals surface area contributed by atoms with E-state index in [4.69, 9.17) is 5.10 Å². The van der Waals surface area contributed by atoms with Gasteiger partial charge in [-0.2, -0.15) is 10.1 Å². The van der Waals surface area contributed by atoms with Crippen LogP contribution in [0.5, 0.6) is 0 Å². The first-order valence-electron chi connectivity index (χ1n) is 16.2. The van der Waals surface area contributed by atoms with Crippen molar-refractivity contribution in [3.8, 4) is 0 Å². The molecule has 7 aliphatic carbocycles. The third-order valence-corrected chi connectivity index (χ3v) is 12.3. The summed E-state index contributed by atoms with van der Waals surface area (Å²) in [6.07, 6.45) is 6.82. The fourth-order valence-electron chi connectivity index (χ4n) is 10.5. The van der Waals surface area contributed by atoms with Gasteiger partial charge in [-0.3, -0.25) is 29.3 Å². The van der Waals surface area contributed by atoms with Gasteiger partial charge in [0.05, 0.1) is 34.0 Å². The van der Waals surface area contributed by atoms with Gasteiger partial charge >= 0.3 is 0 Å². The molecular formula is C37H28N4O6. The minimum atomic E-state index is -1.32. The predicted molar refractivity (Wildman–Crippen MR) is 168 cm³/mol. The van der Waals surface area contributed by atoms with Gasteiger partial charge in [-0.1, -0.05) is 66.7 Å². The van der Waals surface area contributed by atoms with Gasteiger partial charge in [-0.25, -0.2) is 4.90 Å². The molecule has 47 heavy (non-hydrogen) atoms. The van der Waals surface area contributed by atoms with Gasteiger partial charge in [0, 0.05) is 18.2 Å². The Kier molecular flexibility index (Phi) is 5.02. The van der Waals surface area contributed by atoms with Crippen molar-refractivity contribution in [3.05, 3.63) is 117 Å². The molecule has 8 atom stereocenters. The topological polar surface area (TPSA) is 130 Å². The fourth-order valence-corrected chi connectivity index (χ4v) is 10.5. The molecule has 2 saturated heterocycles. The summed E-state index contributed by atoms with van der Waals surface area (Å²) in [5.41, 5.74) is 2.17. The lowest BCUT2D eigenvalue weighted by atomic mass is 9.47. The summed E-state index contributed by atoms with van der Waals surface area (Å²) in [5.74, 6) is -3.97. The smallest absolute Gasteiger partial charge is 0.274 e. The number of imide groups is 2. The lowest BCUT2D eigenvalue weighted by Crippen LogP contribution is -2.55. The van der Waals surface area contributed by atoms with Crippen molar-refractivity contribution < 1.29 is 24.1 Å². The summed E-state index contributed by atoms with van der Waals surface area (Å²) in [4.78, 5) is 69.8. The van der Waals surface area contributed by atoms with Gasteiger partial charge < -0.3 is 0 Å². The minimum absolute atomic E-state index is 0.0358. The average molecular weight is 625 g/mol. The molecule has 3 aromatic carbocycles. The van der Waals surface area contributed by atoms with Crippen LogP contribution in [0.4, 0.5) is 11.4 Å². The number of carbonyl (C=O) groups excluding carboxylic acids is 4. The van der Waals surface area contributed by atoms with Crippen molar-refractivity contribution in [1.82, 2.24) is 5.01 Å². The van der Waals surface area contributed by atoms with E-state index in [0.717, 1.165) is 38.6 Å². The van der Waals surface area contributed by atoms with Crippen LogP contribution in [-0.2, 0) is 24.6 Å². The first-order chi connectivity index (χ1) is 22.7. The zero-order valence-corrected chi connectivity index (χ0v) is 25.2. The van der Waals surface area contributed by atoms with Gasteiger partial charge in [0.1, 0.15) is 5.69 Å². The van der Waals surface area contributed by atoms with E-state index in [-0.39, 0.29) is 35.0 Å². The van der Waals surface area contributed by atoms with Crippen LogP contribution in [-0.4, -0.2) is 39.8 Å². The Labute approximate surface area is 268 Å². The Hall–Kier alpha value is -5.25. The molecule has 0 radical (unpaired) electrons. The maximum absolute atomic E-state index is 14.8. The molecule has 0 aromatic heterocycles. The van der Waals surface area contributed by atoms with E-state index in [1.54, 1.807) is 19.2 Å². The maximum atomic E-state index is 14.8. The van der Waals surface area contributed by atoms with Crippen LogP contribution in [0.1, 0.15) is 40.2 Å². The van der Waals surface area contributed by atoms with Crippen molar-refractivity contribution in [2.45, 2.75) is 24.7 Å². The monoisotopic (exact) mass is 624 g/mol. The van der Waals surface area contributed by atoms with Crippen LogP contribution in [0, 0.1) is 64.4 Å². The molecule has 2 saturated carbocycles. The third-order valence-electron chi connectivity index (χ3n) is 12.3. The number of hydrogen-bond donors (Lipinski definition) is 0. The molecule has 3 aromatic rings. The van der Waals surface area contributed by atoms with Gasteiger partial charge in [0.25, 0.3) is 17.5 Å². The van der Waals surface area contributed by atoms with Gasteiger partial charge in [0.2, 0.25) is 11.8 Å². The van der Waals surface area contributed by atoms with E-state index < -0.39 is 51.7 Å². The van der Waals surface area contributed by atoms with E-state index in [1.165, 1.54) is 12.1 Å². The molecule has 0 spiro atoms. The molecule has 2 heterocycles. The van der Waals surface area contributed by atoms with Crippen molar-refractivity contribution in [1.29, 1.82) is 0 Å². The van der Waals surface area contributed by atoms with Gasteiger partial charge in [-0.05, 0) is 70.9 Å². The second-order valence-corrected chi connectivity index (χ2v) is 14.2. The Morgan fingerprint density at radius 1 is 0.809 bits per heavy atom. The Balaban J connectivity index is 1.16. The summed E-state index contributed by atoms with van der Waals surface area (Å²) >= 11 is 0. The second-order valence-electron chi connectivity index (χ2n) is 14.2. The number of hydrogen-bond acceptors (Lipinski definition) is 7. The quantitative estimate of drug-likeness (QED) is 0.138. The molecular weight excluding hydrogens is 596 g/mol. The maximum Gasteiger partial charge on any atom is 0.293 e. The Bertz CT molecular complexity index is 2020. The minimum Gasteiger partial charge on any atom is -0.274 e. The molecule has 0 unspecified atom stereocenters. The number of amides is 4. The number of hydrazone groups is 1. The number of nitro groups is 1. The first-order valence-corrected chi connectivity index (χ1v) is 16.2. The van der Waals surface area contributed by atoms with Crippen LogP contribution in [0.3, 0.4) is 0 Å². The highest BCUT2D eigenvalue weighted by molar-refractivity contribution is 6.26. The number of nitrogens with zero attached hydrogens (tertiary/aromatic N) is 4. The zero-order chi connectivity index (χ0) is 32.1. The third kappa shape index (κ3) is 3.09. The highest BCUT2D eigenvalue weighted by atomic mass is 16.6. The summed E-state index contributed by atoms with van der Waals surface area (Å²) in [6.45, 7) is 1.71. The van der Waals surface area contributed by atoms with Crippen molar-refractivity contribution in [3.63, 3.8) is 0 Å². The van der Waals surface area contributed by atoms with E-state index in [2.05, 4.69) is 12.2 Å². The molecule has 4 fully saturated rings. The fraction of sp³-hybridized carbons (Fsp3) is 0.324. The van der Waals surface area contributed by atoms with Crippen LogP contribution >= 0.6 is 0 Å². The first kappa shape index (κ1) is 26.9. The van der Waals surface area contributed by atoms with E-state index in [0.29, 0.717) is 17.4 Å². The van der Waals surface area contributed by atoms with Crippen molar-refractivity contribution >= 4 is 41.2 Å². The van der Waals surface area contributed by atoms with Crippen LogP contribution in [0.25, 0.3) is 0 Å². The summed E-state index contributed by atoms with van der Waals surface area (Å²) < 4.78 is 0. The highest BCUT2D eigenvalue weighted by Crippen LogP contribution is 2.66. The number of nitro benzene ring substituents is 1. The number of aryl methyl sites for hydroxylation is 1. The average Bonchev–Trinajstić information content (AvgIpc) is 3.81. The van der Waals surface area contributed by atoms with Crippen molar-refractivity contribution in [2.24, 2.45) is 52.4 Å². The van der Waals surface area contributed by atoms with Crippen LogP contribution < -0.4 is 4.90 Å². The van der Waals surface area contributed by atoms with Crippen molar-refractivity contribution in [2.75, 3.05) is 4.90 Å². The number of allylic oxidation sites excluding steroid dienone is 2.